The summed E-state index contributed by atoms with van der Waals surface area (Å²) in [6.07, 6.45) is 8.22. The highest BCUT2D eigenvalue weighted by Gasteiger charge is 2.43. The average molecular weight is 1080 g/mol. The van der Waals surface area contributed by atoms with Gasteiger partial charge < -0.3 is 40.9 Å². The van der Waals surface area contributed by atoms with Gasteiger partial charge in [0.2, 0.25) is 35.4 Å². The zero-order valence-electron chi connectivity index (χ0n) is 47.8. The molecule has 0 radical (unpaired) electrons. The second kappa shape index (κ2) is 28.3. The van der Waals surface area contributed by atoms with Gasteiger partial charge in [0.15, 0.2) is 11.6 Å². The number of benzene rings is 2. The van der Waals surface area contributed by atoms with Crippen LogP contribution in [0.3, 0.4) is 0 Å². The molecule has 4 heterocycles. The minimum Gasteiger partial charge on any atom is -0.342 e. The molecule has 6 rings (SSSR count). The van der Waals surface area contributed by atoms with Crippen molar-refractivity contribution in [2.75, 3.05) is 40.3 Å². The molecule has 4 N–H and O–H groups in total. The first kappa shape index (κ1) is 60.5. The van der Waals surface area contributed by atoms with Crippen LogP contribution in [0.25, 0.3) is 11.4 Å². The van der Waals surface area contributed by atoms with Crippen LogP contribution < -0.4 is 21.3 Å². The summed E-state index contributed by atoms with van der Waals surface area (Å²) in [6.45, 7) is 17.1. The fourth-order valence-corrected chi connectivity index (χ4v) is 10.1. The van der Waals surface area contributed by atoms with Crippen LogP contribution in [0, 0.1) is 10.8 Å². The molecule has 1 unspecified atom stereocenters. The average Bonchev–Trinajstić information content (AvgIpc) is 4.34. The third-order valence-electron chi connectivity index (χ3n) is 15.1. The highest BCUT2D eigenvalue weighted by molar-refractivity contribution is 5.91. The van der Waals surface area contributed by atoms with E-state index >= 15 is 0 Å². The molecule has 2 aliphatic heterocycles. The number of tetrazole rings is 2. The zero-order chi connectivity index (χ0) is 56.6. The van der Waals surface area contributed by atoms with E-state index in [0.717, 1.165) is 49.9 Å². The Morgan fingerprint density at radius 1 is 0.564 bits per heavy atom. The van der Waals surface area contributed by atoms with Gasteiger partial charge in [-0.2, -0.15) is 9.36 Å². The van der Waals surface area contributed by atoms with Gasteiger partial charge in [-0.3, -0.25) is 28.8 Å². The summed E-state index contributed by atoms with van der Waals surface area (Å²) in [5.74, 6) is 0.0336. The molecule has 0 spiro atoms. The number of hydrogen-bond acceptors (Lipinski definition) is 14. The molecule has 426 valence electrons. The SMILES string of the molecule is CN[C@@H](C)C(=O)NC(C(=O)N1CCC[C@H]1CN(Cc1nnnn1-c1ccccc1)C(=O)CCCCCCCCC(=O)N(Cc1nnnn1-c1ccccc1)C[C@@H]1CCCN1C(=O)[C@@H](NC(=O)[C@H](C)NC)C(C)(C)C)C(C)(C)C. The molecule has 2 fully saturated rings. The molecule has 0 saturated carbocycles. The molecular formula is C56H86N16O6. The summed E-state index contributed by atoms with van der Waals surface area (Å²) in [6, 6.07) is 16.0. The van der Waals surface area contributed by atoms with E-state index in [1.54, 1.807) is 47.1 Å². The Balaban J connectivity index is 1.07. The quantitative estimate of drug-likeness (QED) is 0.0606. The van der Waals surface area contributed by atoms with E-state index in [9.17, 15) is 28.8 Å². The Morgan fingerprint density at radius 3 is 1.27 bits per heavy atom. The van der Waals surface area contributed by atoms with E-state index < -0.39 is 35.0 Å². The van der Waals surface area contributed by atoms with Crippen molar-refractivity contribution in [3.63, 3.8) is 0 Å². The van der Waals surface area contributed by atoms with Crippen molar-refractivity contribution in [2.24, 2.45) is 10.8 Å². The van der Waals surface area contributed by atoms with Gasteiger partial charge in [0.25, 0.3) is 0 Å². The van der Waals surface area contributed by atoms with Crippen LogP contribution in [0.5, 0.6) is 0 Å². The molecule has 2 aromatic carbocycles. The number of para-hydroxylation sites is 2. The first-order valence-electron chi connectivity index (χ1n) is 28.0. The number of rotatable bonds is 27. The molecule has 2 saturated heterocycles. The highest BCUT2D eigenvalue weighted by Crippen LogP contribution is 2.29. The number of hydrogen-bond donors (Lipinski definition) is 4. The molecule has 22 heteroatoms. The predicted molar refractivity (Wildman–Crippen MR) is 295 cm³/mol. The molecule has 4 aromatic rings. The standard InChI is InChI=1S/C56H86N16O6/c1-39(57-9)51(75)59-49(55(3,4)5)53(77)69-33-23-29-43(69)35-67(37-45-61-63-65-71(45)41-25-17-15-18-26-41)47(73)31-21-13-11-12-14-22-32-48(74)68(38-46-62-64-66-72(46)42-27-19-16-20-28-42)36-44-30-24-34-70(44)54(78)50(56(6,7)8)60-52(76)40(2)58-10/h15-20,25-28,39-40,43-44,49-50,57-58H,11-14,21-24,29-38H2,1-10H3,(H,59,75)(H,60,76)/t39-,40-,43-,44-,49+,50?/m0/s1. The topological polar surface area (TPSA) is 251 Å². The third kappa shape index (κ3) is 16.4. The molecule has 2 aromatic heterocycles. The highest BCUT2D eigenvalue weighted by atomic mass is 16.2. The Hall–Kier alpha value is -6.68. The first-order valence-corrected chi connectivity index (χ1v) is 28.0. The number of likely N-dealkylation sites (N-methyl/N-ethyl adjacent to an activating group) is 2. The van der Waals surface area contributed by atoms with Crippen molar-refractivity contribution in [3.8, 4) is 11.4 Å². The van der Waals surface area contributed by atoms with Gasteiger partial charge in [-0.25, -0.2) is 0 Å². The fourth-order valence-electron chi connectivity index (χ4n) is 10.1. The number of nitrogens with zero attached hydrogens (tertiary/aromatic N) is 12. The summed E-state index contributed by atoms with van der Waals surface area (Å²) < 4.78 is 3.26. The van der Waals surface area contributed by atoms with E-state index in [0.29, 0.717) is 63.3 Å². The summed E-state index contributed by atoms with van der Waals surface area (Å²) in [7, 11) is 3.41. The lowest BCUT2D eigenvalue weighted by Gasteiger charge is -2.37. The van der Waals surface area contributed by atoms with E-state index in [1.165, 1.54) is 0 Å². The molecule has 22 nitrogen and oxygen atoms in total. The van der Waals surface area contributed by atoms with Gasteiger partial charge in [0.1, 0.15) is 12.1 Å². The maximum absolute atomic E-state index is 14.4. The number of carbonyl (C=O) groups excluding carboxylic acids is 6. The Bertz CT molecular complexity index is 2400. The smallest absolute Gasteiger partial charge is 0.246 e. The van der Waals surface area contributed by atoms with Crippen LogP contribution in [0.2, 0.25) is 0 Å². The maximum Gasteiger partial charge on any atom is 0.246 e. The first-order chi connectivity index (χ1) is 37.2. The zero-order valence-corrected chi connectivity index (χ0v) is 47.8. The summed E-state index contributed by atoms with van der Waals surface area (Å²) in [4.78, 5) is 90.8. The maximum atomic E-state index is 14.4. The van der Waals surface area contributed by atoms with Gasteiger partial charge >= 0.3 is 0 Å². The molecule has 6 amide bonds. The van der Waals surface area contributed by atoms with Crippen LogP contribution in [-0.2, 0) is 41.9 Å². The van der Waals surface area contributed by atoms with Gasteiger partial charge in [-0.15, -0.1) is 10.2 Å². The van der Waals surface area contributed by atoms with Crippen LogP contribution >= 0.6 is 0 Å². The van der Waals surface area contributed by atoms with Crippen molar-refractivity contribution in [1.82, 2.24) is 81.3 Å². The van der Waals surface area contributed by atoms with Crippen molar-refractivity contribution in [3.05, 3.63) is 72.3 Å². The number of carbonyl (C=O) groups is 6. The number of unbranched alkanes of at least 4 members (excludes halogenated alkanes) is 5. The van der Waals surface area contributed by atoms with Crippen LogP contribution in [0.1, 0.15) is 144 Å². The second-order valence-corrected chi connectivity index (χ2v) is 23.1. The Labute approximate surface area is 460 Å². The molecular weight excluding hydrogens is 993 g/mol. The Kier molecular flexibility index (Phi) is 21.9. The van der Waals surface area contributed by atoms with Crippen molar-refractivity contribution in [2.45, 2.75) is 182 Å². The summed E-state index contributed by atoms with van der Waals surface area (Å²) in [5, 5.41) is 37.0. The van der Waals surface area contributed by atoms with Crippen molar-refractivity contribution < 1.29 is 28.8 Å². The summed E-state index contributed by atoms with van der Waals surface area (Å²) >= 11 is 0. The number of aromatic nitrogens is 8. The molecule has 6 atom stereocenters. The second-order valence-electron chi connectivity index (χ2n) is 23.1. The summed E-state index contributed by atoms with van der Waals surface area (Å²) in [5.41, 5.74) is 0.402. The largest absolute Gasteiger partial charge is 0.342 e. The van der Waals surface area contributed by atoms with Crippen LogP contribution in [-0.4, -0.2) is 172 Å². The van der Waals surface area contributed by atoms with Crippen molar-refractivity contribution >= 4 is 35.4 Å². The van der Waals surface area contributed by atoms with E-state index in [1.807, 2.05) is 112 Å². The van der Waals surface area contributed by atoms with Crippen molar-refractivity contribution in [1.29, 1.82) is 0 Å². The number of likely N-dealkylation sites (tertiary alicyclic amines) is 2. The van der Waals surface area contributed by atoms with Gasteiger partial charge in [-0.05, 0) is 122 Å². The van der Waals surface area contributed by atoms with E-state index in [4.69, 9.17) is 0 Å². The van der Waals surface area contributed by atoms with Crippen LogP contribution in [0.15, 0.2) is 60.7 Å². The Morgan fingerprint density at radius 2 is 0.923 bits per heavy atom. The molecule has 78 heavy (non-hydrogen) atoms. The fraction of sp³-hybridized carbons (Fsp3) is 0.643. The van der Waals surface area contributed by atoms with Gasteiger partial charge in [-0.1, -0.05) is 104 Å². The van der Waals surface area contributed by atoms with E-state index in [-0.39, 0.29) is 73.7 Å². The minimum absolute atomic E-state index is 0.0611. The van der Waals surface area contributed by atoms with Crippen LogP contribution in [0.4, 0.5) is 0 Å². The molecule has 0 aliphatic carbocycles. The van der Waals surface area contributed by atoms with Gasteiger partial charge in [0.05, 0.1) is 36.5 Å². The number of amides is 6. The minimum atomic E-state index is -0.764. The number of nitrogens with one attached hydrogen (secondary N) is 4. The van der Waals surface area contributed by atoms with E-state index in [2.05, 4.69) is 52.3 Å². The lowest BCUT2D eigenvalue weighted by molar-refractivity contribution is -0.142. The predicted octanol–water partition coefficient (Wildman–Crippen LogP) is 4.38. The monoisotopic (exact) mass is 1080 g/mol. The molecule has 2 aliphatic rings. The normalized spacial score (nSPS) is 17.3. The lowest BCUT2D eigenvalue weighted by Crippen LogP contribution is -2.59. The molecule has 0 bridgehead atoms. The lowest BCUT2D eigenvalue weighted by atomic mass is 9.85. The third-order valence-corrected chi connectivity index (χ3v) is 15.1. The van der Waals surface area contributed by atoms with Gasteiger partial charge in [0, 0.05) is 51.1 Å².